The highest BCUT2D eigenvalue weighted by Crippen LogP contribution is 2.37. The van der Waals surface area contributed by atoms with Gasteiger partial charge in [-0.3, -0.25) is 34.5 Å². The van der Waals surface area contributed by atoms with Gasteiger partial charge in [0.25, 0.3) is 0 Å². The Morgan fingerprint density at radius 2 is 1.02 bits per heavy atom. The SMILES string of the molecule is O=c1cc2oc3c(O)ccc(CN(Cc4ccccn4)Cc4ccccn4)c3cc-2c(CN(Cc2ccccn2)Cc2ccccn2)c1. The van der Waals surface area contributed by atoms with Crippen molar-refractivity contribution in [3.63, 3.8) is 0 Å². The van der Waals surface area contributed by atoms with E-state index in [1.54, 1.807) is 36.9 Å². The zero-order chi connectivity index (χ0) is 32.7. The Balaban J connectivity index is 1.28. The number of fused-ring (bicyclic) bond motifs is 2. The molecule has 1 aliphatic carbocycles. The fraction of sp³-hybridized carbons (Fsp3) is 0.154. The highest BCUT2D eigenvalue weighted by atomic mass is 16.4. The van der Waals surface area contributed by atoms with Gasteiger partial charge in [-0.05, 0) is 77.9 Å². The highest BCUT2D eigenvalue weighted by Gasteiger charge is 2.21. The van der Waals surface area contributed by atoms with Crippen LogP contribution in [0, 0.1) is 0 Å². The van der Waals surface area contributed by atoms with Crippen molar-refractivity contribution in [1.82, 2.24) is 29.7 Å². The zero-order valence-electron chi connectivity index (χ0n) is 26.3. The minimum atomic E-state index is -0.163. The van der Waals surface area contributed by atoms with E-state index in [1.807, 2.05) is 84.9 Å². The van der Waals surface area contributed by atoms with Crippen LogP contribution >= 0.6 is 0 Å². The van der Waals surface area contributed by atoms with Gasteiger partial charge >= 0.3 is 0 Å². The number of phenols is 1. The van der Waals surface area contributed by atoms with E-state index in [0.29, 0.717) is 50.6 Å². The van der Waals surface area contributed by atoms with Crippen LogP contribution in [-0.2, 0) is 39.3 Å². The van der Waals surface area contributed by atoms with Crippen LogP contribution in [0.5, 0.6) is 5.75 Å². The van der Waals surface area contributed by atoms with Gasteiger partial charge < -0.3 is 9.52 Å². The van der Waals surface area contributed by atoms with Crippen LogP contribution in [0.1, 0.15) is 33.9 Å². The lowest BCUT2D eigenvalue weighted by atomic mass is 9.98. The Bertz CT molecular complexity index is 2040. The zero-order valence-corrected chi connectivity index (χ0v) is 26.3. The fourth-order valence-electron chi connectivity index (χ4n) is 6.02. The quantitative estimate of drug-likeness (QED) is 0.149. The van der Waals surface area contributed by atoms with Crippen molar-refractivity contribution in [2.24, 2.45) is 0 Å². The minimum Gasteiger partial charge on any atom is -0.504 e. The van der Waals surface area contributed by atoms with Crippen LogP contribution in [0.4, 0.5) is 0 Å². The first-order valence-electron chi connectivity index (χ1n) is 15.8. The molecule has 0 atom stereocenters. The molecule has 1 aromatic carbocycles. The molecule has 4 aromatic heterocycles. The monoisotopic (exact) mass is 634 g/mol. The molecule has 0 radical (unpaired) electrons. The van der Waals surface area contributed by atoms with Gasteiger partial charge in [0.15, 0.2) is 16.8 Å². The smallest absolute Gasteiger partial charge is 0.182 e. The number of hydrogen-bond acceptors (Lipinski definition) is 9. The number of aromatic hydroxyl groups is 1. The molecular weight excluding hydrogens is 600 g/mol. The summed E-state index contributed by atoms with van der Waals surface area (Å²) in [5, 5.41) is 11.7. The topological polar surface area (TPSA) is 108 Å². The van der Waals surface area contributed by atoms with E-state index in [1.165, 1.54) is 6.07 Å². The molecule has 1 N–H and O–H groups in total. The van der Waals surface area contributed by atoms with Crippen molar-refractivity contribution in [3.05, 3.63) is 172 Å². The van der Waals surface area contributed by atoms with E-state index in [-0.39, 0.29) is 11.2 Å². The van der Waals surface area contributed by atoms with E-state index >= 15 is 0 Å². The maximum atomic E-state index is 13.0. The van der Waals surface area contributed by atoms with Crippen molar-refractivity contribution in [2.45, 2.75) is 39.3 Å². The number of aromatic nitrogens is 4. The molecule has 7 rings (SSSR count). The Morgan fingerprint density at radius 1 is 0.542 bits per heavy atom. The number of pyridine rings is 4. The Hall–Kier alpha value is -5.77. The van der Waals surface area contributed by atoms with E-state index < -0.39 is 0 Å². The van der Waals surface area contributed by atoms with Crippen LogP contribution in [0.15, 0.2) is 137 Å². The average Bonchev–Trinajstić information content (AvgIpc) is 3.11. The molecule has 0 bridgehead atoms. The molecule has 1 aliphatic heterocycles. The number of nitrogens with zero attached hydrogens (tertiary/aromatic N) is 6. The molecule has 0 saturated heterocycles. The average molecular weight is 635 g/mol. The van der Waals surface area contributed by atoms with Crippen LogP contribution < -0.4 is 5.43 Å². The molecule has 0 fully saturated rings. The lowest BCUT2D eigenvalue weighted by Crippen LogP contribution is -2.24. The maximum Gasteiger partial charge on any atom is 0.182 e. The molecule has 48 heavy (non-hydrogen) atoms. The summed E-state index contributed by atoms with van der Waals surface area (Å²) in [4.78, 5) is 35.7. The second-order valence-electron chi connectivity index (χ2n) is 11.8. The Morgan fingerprint density at radius 3 is 1.48 bits per heavy atom. The normalized spacial score (nSPS) is 11.5. The summed E-state index contributed by atoms with van der Waals surface area (Å²) < 4.78 is 6.34. The van der Waals surface area contributed by atoms with Crippen molar-refractivity contribution in [3.8, 4) is 17.1 Å². The second kappa shape index (κ2) is 14.3. The van der Waals surface area contributed by atoms with Gasteiger partial charge in [-0.1, -0.05) is 30.3 Å². The first kappa shape index (κ1) is 30.9. The van der Waals surface area contributed by atoms with Gasteiger partial charge in [0.2, 0.25) is 0 Å². The summed E-state index contributed by atoms with van der Waals surface area (Å²) in [5.41, 5.74) is 6.49. The number of hydrogen-bond donors (Lipinski definition) is 1. The van der Waals surface area contributed by atoms with Gasteiger partial charge in [-0.25, -0.2) is 0 Å². The number of phenolic OH excluding ortho intramolecular Hbond substituents is 1. The molecule has 0 unspecified atom stereocenters. The Kier molecular flexibility index (Phi) is 9.22. The van der Waals surface area contributed by atoms with Gasteiger partial charge in [0.05, 0.1) is 22.8 Å². The summed E-state index contributed by atoms with van der Waals surface area (Å²) in [6.07, 6.45) is 7.16. The van der Waals surface area contributed by atoms with Crippen LogP contribution in [0.2, 0.25) is 0 Å². The van der Waals surface area contributed by atoms with Gasteiger partial charge in [0, 0.05) is 81.1 Å². The van der Waals surface area contributed by atoms with Crippen molar-refractivity contribution >= 4 is 11.0 Å². The third-order valence-corrected chi connectivity index (χ3v) is 8.20. The first-order chi connectivity index (χ1) is 23.6. The van der Waals surface area contributed by atoms with Crippen molar-refractivity contribution < 1.29 is 9.52 Å². The van der Waals surface area contributed by atoms with Gasteiger partial charge in [-0.15, -0.1) is 0 Å². The molecule has 9 nitrogen and oxygen atoms in total. The highest BCUT2D eigenvalue weighted by molar-refractivity contribution is 5.90. The largest absolute Gasteiger partial charge is 0.504 e. The summed E-state index contributed by atoms with van der Waals surface area (Å²) in [6, 6.07) is 32.3. The number of benzene rings is 2. The lowest BCUT2D eigenvalue weighted by Gasteiger charge is -2.24. The van der Waals surface area contributed by atoms with E-state index in [4.69, 9.17) is 4.42 Å². The van der Waals surface area contributed by atoms with Crippen molar-refractivity contribution in [1.29, 1.82) is 0 Å². The summed E-state index contributed by atoms with van der Waals surface area (Å²) in [6.45, 7) is 3.34. The molecule has 2 aliphatic rings. The standard InChI is InChI=1S/C39H34N6O3/c46-34-19-29(23-45(26-32-11-3-7-17-42-32)27-33-12-4-8-18-43-33)35-21-36-28(13-14-37(47)39(36)48-38(35)20-34)22-44(24-30-9-1-5-15-40-30)25-31-10-2-6-16-41-31/h1-21,47H,22-27H2. The predicted octanol–water partition coefficient (Wildman–Crippen LogP) is 6.59. The molecule has 238 valence electrons. The summed E-state index contributed by atoms with van der Waals surface area (Å²) >= 11 is 0. The number of rotatable bonds is 12. The van der Waals surface area contributed by atoms with Crippen LogP contribution in [0.25, 0.3) is 22.3 Å². The molecule has 0 amide bonds. The molecular formula is C39H34N6O3. The molecule has 9 heteroatoms. The summed E-state index contributed by atoms with van der Waals surface area (Å²) in [7, 11) is 0. The van der Waals surface area contributed by atoms with Crippen LogP contribution in [0.3, 0.4) is 0 Å². The third-order valence-electron chi connectivity index (χ3n) is 8.20. The molecule has 0 saturated carbocycles. The lowest BCUT2D eigenvalue weighted by molar-refractivity contribution is 0.241. The van der Waals surface area contributed by atoms with E-state index in [2.05, 4.69) is 29.7 Å². The maximum absolute atomic E-state index is 13.0. The second-order valence-corrected chi connectivity index (χ2v) is 11.8. The minimum absolute atomic E-state index is 0.0152. The van der Waals surface area contributed by atoms with Crippen LogP contribution in [-0.4, -0.2) is 34.8 Å². The molecule has 5 aromatic rings. The fourth-order valence-corrected chi connectivity index (χ4v) is 6.02. The van der Waals surface area contributed by atoms with Gasteiger partial charge in [-0.2, -0.15) is 0 Å². The van der Waals surface area contributed by atoms with Gasteiger partial charge in [0.1, 0.15) is 5.76 Å². The predicted molar refractivity (Wildman–Crippen MR) is 184 cm³/mol. The summed E-state index contributed by atoms with van der Waals surface area (Å²) in [5.74, 6) is 0.438. The molecule has 0 spiro atoms. The Labute approximate surface area is 278 Å². The van der Waals surface area contributed by atoms with E-state index in [9.17, 15) is 9.90 Å². The van der Waals surface area contributed by atoms with E-state index in [0.717, 1.165) is 44.9 Å². The third kappa shape index (κ3) is 7.44. The van der Waals surface area contributed by atoms with Crippen molar-refractivity contribution in [2.75, 3.05) is 0 Å². The first-order valence-corrected chi connectivity index (χ1v) is 15.8. The molecule has 5 heterocycles.